The van der Waals surface area contributed by atoms with E-state index in [0.717, 1.165) is 12.2 Å². The second-order valence-electron chi connectivity index (χ2n) is 6.50. The molecule has 3 heteroatoms. The molecule has 0 radical (unpaired) electrons. The second kappa shape index (κ2) is 5.18. The Hall–Kier alpha value is 0.110. The lowest BCUT2D eigenvalue weighted by atomic mass is 9.92. The van der Waals surface area contributed by atoms with Gasteiger partial charge in [-0.3, -0.25) is 4.21 Å². The molecule has 1 heterocycles. The molecule has 0 aliphatic carbocycles. The Morgan fingerprint density at radius 1 is 1.31 bits per heavy atom. The van der Waals surface area contributed by atoms with E-state index in [2.05, 4.69) is 46.9 Å². The molecule has 3 atom stereocenters. The van der Waals surface area contributed by atoms with Crippen LogP contribution < -0.4 is 5.32 Å². The first-order chi connectivity index (χ1) is 7.23. The molecule has 96 valence electrons. The molecule has 1 saturated heterocycles. The summed E-state index contributed by atoms with van der Waals surface area (Å²) in [6.45, 7) is 13.2. The van der Waals surface area contributed by atoms with E-state index in [-0.39, 0.29) is 5.54 Å². The van der Waals surface area contributed by atoms with E-state index in [1.165, 1.54) is 0 Å². The summed E-state index contributed by atoms with van der Waals surface area (Å²) in [4.78, 5) is 0. The van der Waals surface area contributed by atoms with E-state index in [1.54, 1.807) is 0 Å². The zero-order valence-electron chi connectivity index (χ0n) is 11.5. The van der Waals surface area contributed by atoms with E-state index in [0.29, 0.717) is 23.1 Å². The summed E-state index contributed by atoms with van der Waals surface area (Å²) in [6.07, 6.45) is 1.12. The molecule has 0 amide bonds. The topological polar surface area (TPSA) is 29.1 Å². The highest BCUT2D eigenvalue weighted by Gasteiger charge is 2.40. The van der Waals surface area contributed by atoms with Crippen LogP contribution in [0.25, 0.3) is 0 Å². The van der Waals surface area contributed by atoms with Crippen LogP contribution in [0.15, 0.2) is 0 Å². The number of rotatable bonds is 3. The van der Waals surface area contributed by atoms with Crippen molar-refractivity contribution in [3.8, 4) is 0 Å². The molecule has 16 heavy (non-hydrogen) atoms. The van der Waals surface area contributed by atoms with Gasteiger partial charge in [-0.1, -0.05) is 27.7 Å². The molecule has 1 aliphatic heterocycles. The number of hydrogen-bond acceptors (Lipinski definition) is 2. The minimum atomic E-state index is -0.687. The lowest BCUT2D eigenvalue weighted by Gasteiger charge is -2.43. The summed E-state index contributed by atoms with van der Waals surface area (Å²) in [5.74, 6) is 1.93. The highest BCUT2D eigenvalue weighted by molar-refractivity contribution is 7.85. The quantitative estimate of drug-likeness (QED) is 0.828. The van der Waals surface area contributed by atoms with E-state index in [1.807, 2.05) is 0 Å². The maximum atomic E-state index is 12.3. The number of hydrogen-bond donors (Lipinski definition) is 1. The molecule has 1 fully saturated rings. The second-order valence-corrected chi connectivity index (χ2v) is 8.09. The third kappa shape index (κ3) is 3.56. The monoisotopic (exact) mass is 245 g/mol. The summed E-state index contributed by atoms with van der Waals surface area (Å²) < 4.78 is 12.3. The van der Waals surface area contributed by atoms with Gasteiger partial charge in [-0.15, -0.1) is 0 Å². The number of nitrogens with one attached hydrogen (secondary N) is 1. The summed E-state index contributed by atoms with van der Waals surface area (Å²) in [6, 6.07) is 0.407. The molecular weight excluding hydrogens is 218 g/mol. The van der Waals surface area contributed by atoms with Crippen LogP contribution in [0.2, 0.25) is 0 Å². The SMILES string of the molecule is CC(C)CC1NC(C)(C)CS(=O)C1C(C)C. The Kier molecular flexibility index (Phi) is 4.58. The lowest BCUT2D eigenvalue weighted by Crippen LogP contribution is -2.62. The van der Waals surface area contributed by atoms with Gasteiger partial charge in [0.05, 0.1) is 5.25 Å². The third-order valence-electron chi connectivity index (χ3n) is 3.16. The van der Waals surface area contributed by atoms with Crippen molar-refractivity contribution in [2.24, 2.45) is 11.8 Å². The van der Waals surface area contributed by atoms with Crippen molar-refractivity contribution < 1.29 is 4.21 Å². The average Bonchev–Trinajstić information content (AvgIpc) is 1.96. The third-order valence-corrected chi connectivity index (χ3v) is 5.65. The Balaban J connectivity index is 2.84. The fourth-order valence-electron chi connectivity index (χ4n) is 2.73. The zero-order chi connectivity index (χ0) is 12.5. The van der Waals surface area contributed by atoms with Crippen LogP contribution >= 0.6 is 0 Å². The molecule has 1 aliphatic rings. The maximum Gasteiger partial charge on any atom is 0.0525 e. The molecule has 2 nitrogen and oxygen atoms in total. The van der Waals surface area contributed by atoms with Gasteiger partial charge in [0.1, 0.15) is 0 Å². The van der Waals surface area contributed by atoms with E-state index < -0.39 is 10.8 Å². The predicted molar refractivity (Wildman–Crippen MR) is 72.1 cm³/mol. The summed E-state index contributed by atoms with van der Waals surface area (Å²) >= 11 is 0. The molecule has 1 N–H and O–H groups in total. The molecule has 0 bridgehead atoms. The Bertz CT molecular complexity index is 261. The first-order valence-electron chi connectivity index (χ1n) is 6.38. The maximum absolute atomic E-state index is 12.3. The van der Waals surface area contributed by atoms with E-state index >= 15 is 0 Å². The first-order valence-corrected chi connectivity index (χ1v) is 7.76. The molecule has 3 unspecified atom stereocenters. The van der Waals surface area contributed by atoms with E-state index in [9.17, 15) is 4.21 Å². The Morgan fingerprint density at radius 3 is 2.31 bits per heavy atom. The summed E-state index contributed by atoms with van der Waals surface area (Å²) in [5.41, 5.74) is 0.0236. The normalized spacial score (nSPS) is 34.6. The van der Waals surface area contributed by atoms with Crippen LogP contribution in [0.5, 0.6) is 0 Å². The van der Waals surface area contributed by atoms with Crippen LogP contribution in [-0.2, 0) is 10.8 Å². The van der Waals surface area contributed by atoms with Gasteiger partial charge < -0.3 is 5.32 Å². The Labute approximate surface area is 103 Å². The molecule has 0 aromatic rings. The van der Waals surface area contributed by atoms with Crippen molar-refractivity contribution in [3.63, 3.8) is 0 Å². The van der Waals surface area contributed by atoms with E-state index in [4.69, 9.17) is 0 Å². The van der Waals surface area contributed by atoms with Gasteiger partial charge in [0.2, 0.25) is 0 Å². The fraction of sp³-hybridized carbons (Fsp3) is 1.00. The summed E-state index contributed by atoms with van der Waals surface area (Å²) in [7, 11) is -0.687. The van der Waals surface area contributed by atoms with Crippen molar-refractivity contribution in [3.05, 3.63) is 0 Å². The standard InChI is InChI=1S/C13H27NOS/c1-9(2)7-11-12(10(3)4)16(15)8-13(5,6)14-11/h9-12,14H,7-8H2,1-6H3. The van der Waals surface area contributed by atoms with Gasteiger partial charge in [-0.25, -0.2) is 0 Å². The van der Waals surface area contributed by atoms with Gasteiger partial charge in [-0.2, -0.15) is 0 Å². The van der Waals surface area contributed by atoms with Crippen LogP contribution in [0.4, 0.5) is 0 Å². The van der Waals surface area contributed by atoms with Crippen molar-refractivity contribution >= 4 is 10.8 Å². The first kappa shape index (κ1) is 14.2. The van der Waals surface area contributed by atoms with Crippen molar-refractivity contribution in [1.82, 2.24) is 5.32 Å². The average molecular weight is 245 g/mol. The van der Waals surface area contributed by atoms with Crippen molar-refractivity contribution in [1.29, 1.82) is 0 Å². The van der Waals surface area contributed by atoms with Crippen LogP contribution in [0.3, 0.4) is 0 Å². The predicted octanol–water partition coefficient (Wildman–Crippen LogP) is 2.56. The molecule has 0 spiro atoms. The zero-order valence-corrected chi connectivity index (χ0v) is 12.4. The summed E-state index contributed by atoms with van der Waals surface area (Å²) in [5, 5.41) is 4.01. The van der Waals surface area contributed by atoms with Gasteiger partial charge in [0, 0.05) is 28.1 Å². The largest absolute Gasteiger partial charge is 0.307 e. The van der Waals surface area contributed by atoms with Gasteiger partial charge in [0.25, 0.3) is 0 Å². The highest BCUT2D eigenvalue weighted by Crippen LogP contribution is 2.27. The molecule has 0 aromatic carbocycles. The minimum absolute atomic E-state index is 0.0236. The fourth-order valence-corrected chi connectivity index (χ4v) is 4.87. The smallest absolute Gasteiger partial charge is 0.0525 e. The van der Waals surface area contributed by atoms with Crippen molar-refractivity contribution in [2.75, 3.05) is 5.75 Å². The van der Waals surface area contributed by atoms with Gasteiger partial charge in [0.15, 0.2) is 0 Å². The Morgan fingerprint density at radius 2 is 1.88 bits per heavy atom. The molecule has 1 rings (SSSR count). The van der Waals surface area contributed by atoms with Crippen LogP contribution in [0.1, 0.15) is 48.0 Å². The van der Waals surface area contributed by atoms with Crippen molar-refractivity contribution in [2.45, 2.75) is 64.8 Å². The highest BCUT2D eigenvalue weighted by atomic mass is 32.2. The van der Waals surface area contributed by atoms with Gasteiger partial charge >= 0.3 is 0 Å². The molecule has 0 aromatic heterocycles. The minimum Gasteiger partial charge on any atom is -0.307 e. The molecule has 0 saturated carbocycles. The molecular formula is C13H27NOS. The van der Waals surface area contributed by atoms with Crippen LogP contribution in [-0.4, -0.2) is 26.8 Å². The van der Waals surface area contributed by atoms with Gasteiger partial charge in [-0.05, 0) is 32.1 Å². The lowest BCUT2D eigenvalue weighted by molar-refractivity contribution is 0.278. The van der Waals surface area contributed by atoms with Crippen LogP contribution in [0, 0.1) is 11.8 Å².